The number of hydrogen-bond acceptors (Lipinski definition) is 6. The quantitative estimate of drug-likeness (QED) is 0.584. The molecule has 0 aliphatic carbocycles. The molecule has 5 rings (SSSR count). The highest BCUT2D eigenvalue weighted by Crippen LogP contribution is 2.31. The van der Waals surface area contributed by atoms with E-state index in [9.17, 15) is 14.0 Å². The summed E-state index contributed by atoms with van der Waals surface area (Å²) in [5.74, 6) is 0.195. The molecule has 2 aliphatic heterocycles. The lowest BCUT2D eigenvalue weighted by molar-refractivity contribution is 0.0341. The maximum atomic E-state index is 14.6. The summed E-state index contributed by atoms with van der Waals surface area (Å²) in [4.78, 5) is 36.8. The van der Waals surface area contributed by atoms with Gasteiger partial charge in [-0.2, -0.15) is 0 Å². The molecule has 2 aliphatic rings. The zero-order valence-corrected chi connectivity index (χ0v) is 20.1. The molecule has 3 aromatic rings. The number of alkyl halides is 1. The lowest BCUT2D eigenvalue weighted by atomic mass is 10.1. The molecule has 0 spiro atoms. The molecule has 0 radical (unpaired) electrons. The van der Waals surface area contributed by atoms with Gasteiger partial charge in [0.15, 0.2) is 0 Å². The molecular formula is C26H30FN5O3. The highest BCUT2D eigenvalue weighted by molar-refractivity contribution is 6.08. The molecule has 1 unspecified atom stereocenters. The number of halogens is 1. The van der Waals surface area contributed by atoms with E-state index in [0.717, 1.165) is 29.6 Å². The predicted molar refractivity (Wildman–Crippen MR) is 134 cm³/mol. The number of morpholine rings is 1. The number of carbonyl (C=O) groups is 1. The van der Waals surface area contributed by atoms with E-state index in [1.807, 2.05) is 24.0 Å². The number of aromatic nitrogens is 2. The first-order valence-electron chi connectivity index (χ1n) is 12.0. The molecule has 35 heavy (non-hydrogen) atoms. The van der Waals surface area contributed by atoms with Gasteiger partial charge in [-0.25, -0.2) is 9.37 Å². The van der Waals surface area contributed by atoms with Crippen molar-refractivity contribution < 1.29 is 13.9 Å². The molecule has 9 heteroatoms. The fourth-order valence-corrected chi connectivity index (χ4v) is 4.83. The second-order valence-electron chi connectivity index (χ2n) is 9.72. The molecule has 184 valence electrons. The molecule has 1 atom stereocenters. The van der Waals surface area contributed by atoms with Crippen LogP contribution in [0.5, 0.6) is 0 Å². The maximum absolute atomic E-state index is 14.6. The summed E-state index contributed by atoms with van der Waals surface area (Å²) in [6.07, 6.45) is 2.18. The number of anilines is 2. The van der Waals surface area contributed by atoms with Gasteiger partial charge in [0, 0.05) is 61.5 Å². The summed E-state index contributed by atoms with van der Waals surface area (Å²) in [5, 5.41) is 3.84. The van der Waals surface area contributed by atoms with Crippen LogP contribution in [0, 0.1) is 6.92 Å². The molecule has 0 saturated carbocycles. The average molecular weight is 480 g/mol. The van der Waals surface area contributed by atoms with Gasteiger partial charge in [0.2, 0.25) is 5.56 Å². The molecular weight excluding hydrogens is 449 g/mol. The van der Waals surface area contributed by atoms with Crippen molar-refractivity contribution in [2.75, 3.05) is 49.6 Å². The van der Waals surface area contributed by atoms with E-state index >= 15 is 0 Å². The van der Waals surface area contributed by atoms with Crippen molar-refractivity contribution in [1.82, 2.24) is 14.9 Å². The third-order valence-corrected chi connectivity index (χ3v) is 6.71. The Hall–Kier alpha value is -3.30. The van der Waals surface area contributed by atoms with Crippen LogP contribution in [0.15, 0.2) is 41.3 Å². The lowest BCUT2D eigenvalue weighted by Gasteiger charge is -2.27. The molecule has 2 aromatic heterocycles. The number of aryl methyl sites for hydroxylation is 1. The topological polar surface area (TPSA) is 90.6 Å². The predicted octanol–water partition coefficient (Wildman–Crippen LogP) is 3.25. The highest BCUT2D eigenvalue weighted by atomic mass is 19.1. The van der Waals surface area contributed by atoms with Gasteiger partial charge in [0.25, 0.3) is 5.91 Å². The Morgan fingerprint density at radius 2 is 2.03 bits per heavy atom. The number of aromatic amines is 1. The first-order valence-corrected chi connectivity index (χ1v) is 12.0. The number of H-pyrrole nitrogens is 1. The molecule has 1 amide bonds. The number of nitrogens with zero attached hydrogens (tertiary/aromatic N) is 3. The number of rotatable bonds is 5. The van der Waals surface area contributed by atoms with Crippen LogP contribution in [0.1, 0.15) is 34.8 Å². The van der Waals surface area contributed by atoms with Crippen molar-refractivity contribution in [1.29, 1.82) is 0 Å². The zero-order chi connectivity index (χ0) is 24.6. The Kier molecular flexibility index (Phi) is 6.29. The molecule has 2 N–H and O–H groups in total. The monoisotopic (exact) mass is 479 g/mol. The summed E-state index contributed by atoms with van der Waals surface area (Å²) in [6, 6.07) is 8.78. The molecule has 2 saturated heterocycles. The Morgan fingerprint density at radius 3 is 2.77 bits per heavy atom. The normalized spacial score (nSPS) is 20.9. The first-order chi connectivity index (χ1) is 16.8. The fraction of sp³-hybridized carbons (Fsp3) is 0.423. The van der Waals surface area contributed by atoms with Crippen molar-refractivity contribution in [3.63, 3.8) is 0 Å². The van der Waals surface area contributed by atoms with Crippen molar-refractivity contribution in [3.8, 4) is 0 Å². The molecule has 2 fully saturated rings. The van der Waals surface area contributed by atoms with Crippen molar-refractivity contribution in [2.45, 2.75) is 32.5 Å². The minimum Gasteiger partial charge on any atom is -0.379 e. The van der Waals surface area contributed by atoms with E-state index in [2.05, 4.69) is 20.2 Å². The van der Waals surface area contributed by atoms with Crippen LogP contribution in [0.25, 0.3) is 10.9 Å². The van der Waals surface area contributed by atoms with E-state index in [1.165, 1.54) is 6.07 Å². The van der Waals surface area contributed by atoms with Crippen molar-refractivity contribution >= 4 is 28.3 Å². The van der Waals surface area contributed by atoms with Crippen LogP contribution in [0.2, 0.25) is 0 Å². The van der Waals surface area contributed by atoms with Gasteiger partial charge in [0.1, 0.15) is 11.5 Å². The van der Waals surface area contributed by atoms with Gasteiger partial charge in [-0.15, -0.1) is 0 Å². The Morgan fingerprint density at radius 1 is 1.23 bits per heavy atom. The standard InChI is InChI=1S/C26H30FN5O3/c1-17-11-23(33)30-22-4-3-19(13-20(17)22)29-25(34)21-12-18(15-31-7-9-35-10-8-31)14-28-24(21)32-6-5-26(2,27)16-32/h3-4,11-14H,5-10,15-16H2,1-2H3,(H,29,34)(H,30,33). The van der Waals surface area contributed by atoms with Crippen molar-refractivity contribution in [3.05, 3.63) is 63.6 Å². The van der Waals surface area contributed by atoms with Gasteiger partial charge in [-0.05, 0) is 49.2 Å². The summed E-state index contributed by atoms with van der Waals surface area (Å²) in [5.41, 5.74) is 2.02. The number of hydrogen-bond donors (Lipinski definition) is 2. The number of amides is 1. The Labute approximate surface area is 203 Å². The average Bonchev–Trinajstić information content (AvgIpc) is 3.19. The number of ether oxygens (including phenoxy) is 1. The van der Waals surface area contributed by atoms with E-state index in [4.69, 9.17) is 4.74 Å². The maximum Gasteiger partial charge on any atom is 0.259 e. The zero-order valence-electron chi connectivity index (χ0n) is 20.1. The van der Waals surface area contributed by atoms with Crippen LogP contribution in [0.3, 0.4) is 0 Å². The minimum absolute atomic E-state index is 0.162. The van der Waals surface area contributed by atoms with E-state index in [1.54, 1.807) is 25.3 Å². The first kappa shape index (κ1) is 23.4. The number of fused-ring (bicyclic) bond motifs is 1. The van der Waals surface area contributed by atoms with Crippen LogP contribution in [0.4, 0.5) is 15.9 Å². The highest BCUT2D eigenvalue weighted by Gasteiger charge is 2.35. The van der Waals surface area contributed by atoms with E-state index in [-0.39, 0.29) is 18.0 Å². The lowest BCUT2D eigenvalue weighted by Crippen LogP contribution is -2.35. The largest absolute Gasteiger partial charge is 0.379 e. The molecule has 4 heterocycles. The molecule has 0 bridgehead atoms. The van der Waals surface area contributed by atoms with Crippen LogP contribution >= 0.6 is 0 Å². The SMILES string of the molecule is Cc1cc(=O)[nH]c2ccc(NC(=O)c3cc(CN4CCOCC4)cnc3N3CCC(C)(F)C3)cc12. The van der Waals surface area contributed by atoms with Crippen LogP contribution in [-0.2, 0) is 11.3 Å². The van der Waals surface area contributed by atoms with E-state index in [0.29, 0.717) is 55.3 Å². The van der Waals surface area contributed by atoms with E-state index < -0.39 is 5.67 Å². The molecule has 8 nitrogen and oxygen atoms in total. The summed E-state index contributed by atoms with van der Waals surface area (Å²) in [7, 11) is 0. The number of nitrogens with one attached hydrogen (secondary N) is 2. The molecule has 1 aromatic carbocycles. The second kappa shape index (κ2) is 9.39. The van der Waals surface area contributed by atoms with Gasteiger partial charge in [-0.1, -0.05) is 0 Å². The van der Waals surface area contributed by atoms with Gasteiger partial charge in [0.05, 0.1) is 25.3 Å². The third-order valence-electron chi connectivity index (χ3n) is 6.71. The Bertz CT molecular complexity index is 1320. The minimum atomic E-state index is -1.31. The van der Waals surface area contributed by atoms with Crippen LogP contribution in [-0.4, -0.2) is 65.8 Å². The Balaban J connectivity index is 1.45. The van der Waals surface area contributed by atoms with Crippen LogP contribution < -0.4 is 15.8 Å². The van der Waals surface area contributed by atoms with Crippen molar-refractivity contribution in [2.24, 2.45) is 0 Å². The fourth-order valence-electron chi connectivity index (χ4n) is 4.83. The number of pyridine rings is 2. The third kappa shape index (κ3) is 5.21. The number of benzene rings is 1. The van der Waals surface area contributed by atoms with Gasteiger partial charge in [-0.3, -0.25) is 14.5 Å². The van der Waals surface area contributed by atoms with Gasteiger partial charge < -0.3 is 19.9 Å². The summed E-state index contributed by atoms with van der Waals surface area (Å²) >= 11 is 0. The summed E-state index contributed by atoms with van der Waals surface area (Å²) in [6.45, 7) is 7.85. The second-order valence-corrected chi connectivity index (χ2v) is 9.72. The number of carbonyl (C=O) groups excluding carboxylic acids is 1. The summed E-state index contributed by atoms with van der Waals surface area (Å²) < 4.78 is 20.0. The smallest absolute Gasteiger partial charge is 0.259 e. The van der Waals surface area contributed by atoms with Gasteiger partial charge >= 0.3 is 0 Å².